The Labute approximate surface area is 110 Å². The van der Waals surface area contributed by atoms with E-state index in [1.165, 1.54) is 6.07 Å². The molecule has 18 heavy (non-hydrogen) atoms. The minimum Gasteiger partial charge on any atom is -0.496 e. The van der Waals surface area contributed by atoms with Gasteiger partial charge in [-0.15, -0.1) is 0 Å². The number of benzene rings is 1. The predicted octanol–water partition coefficient (Wildman–Crippen LogP) is 3.92. The van der Waals surface area contributed by atoms with Gasteiger partial charge in [0.1, 0.15) is 11.6 Å². The summed E-state index contributed by atoms with van der Waals surface area (Å²) >= 11 is 0. The molecule has 0 amide bonds. The highest BCUT2D eigenvalue weighted by atomic mass is 19.1. The van der Waals surface area contributed by atoms with Gasteiger partial charge in [-0.2, -0.15) is 0 Å². The van der Waals surface area contributed by atoms with Crippen molar-refractivity contribution in [3.05, 3.63) is 29.6 Å². The van der Waals surface area contributed by atoms with Crippen molar-refractivity contribution in [3.63, 3.8) is 0 Å². The molecule has 0 aliphatic heterocycles. The van der Waals surface area contributed by atoms with E-state index in [4.69, 9.17) is 4.74 Å². The summed E-state index contributed by atoms with van der Waals surface area (Å²) in [5.74, 6) is 0.994. The second-order valence-corrected chi connectivity index (χ2v) is 4.69. The molecule has 3 heteroatoms. The topological polar surface area (TPSA) is 21.3 Å². The van der Waals surface area contributed by atoms with Gasteiger partial charge >= 0.3 is 0 Å². The highest BCUT2D eigenvalue weighted by Gasteiger charge is 2.21. The Hall–Kier alpha value is -1.09. The number of nitrogens with one attached hydrogen (secondary N) is 1. The van der Waals surface area contributed by atoms with Crippen molar-refractivity contribution in [2.45, 2.75) is 39.7 Å². The standard InChI is InChI=1S/C15H24FNO/c1-5-7-11(3)15(17-6-2)13-10-12(16)8-9-14(13)18-4/h8-11,15,17H,5-7H2,1-4H3. The van der Waals surface area contributed by atoms with E-state index in [1.807, 2.05) is 0 Å². The summed E-state index contributed by atoms with van der Waals surface area (Å²) in [7, 11) is 1.63. The Morgan fingerprint density at radius 1 is 1.33 bits per heavy atom. The number of rotatable bonds is 7. The molecule has 0 saturated carbocycles. The summed E-state index contributed by atoms with van der Waals surface area (Å²) in [6.07, 6.45) is 2.23. The average molecular weight is 253 g/mol. The molecule has 0 aliphatic carbocycles. The van der Waals surface area contributed by atoms with Crippen LogP contribution in [0, 0.1) is 11.7 Å². The summed E-state index contributed by atoms with van der Waals surface area (Å²) in [5, 5.41) is 3.44. The first-order valence-electron chi connectivity index (χ1n) is 6.70. The zero-order chi connectivity index (χ0) is 13.5. The van der Waals surface area contributed by atoms with Gasteiger partial charge in [-0.25, -0.2) is 4.39 Å². The Morgan fingerprint density at radius 3 is 2.61 bits per heavy atom. The third-order valence-electron chi connectivity index (χ3n) is 3.26. The molecular weight excluding hydrogens is 229 g/mol. The van der Waals surface area contributed by atoms with E-state index in [-0.39, 0.29) is 11.9 Å². The number of hydrogen-bond acceptors (Lipinski definition) is 2. The van der Waals surface area contributed by atoms with Gasteiger partial charge in [0.15, 0.2) is 0 Å². The predicted molar refractivity (Wildman–Crippen MR) is 73.4 cm³/mol. The molecule has 0 aliphatic rings. The maximum Gasteiger partial charge on any atom is 0.123 e. The van der Waals surface area contributed by atoms with Crippen molar-refractivity contribution in [1.82, 2.24) is 5.32 Å². The molecule has 2 unspecified atom stereocenters. The lowest BCUT2D eigenvalue weighted by Crippen LogP contribution is -2.27. The van der Waals surface area contributed by atoms with Crippen LogP contribution >= 0.6 is 0 Å². The minimum absolute atomic E-state index is 0.139. The zero-order valence-electron chi connectivity index (χ0n) is 11.8. The van der Waals surface area contributed by atoms with Gasteiger partial charge in [0.2, 0.25) is 0 Å². The molecule has 102 valence electrons. The van der Waals surface area contributed by atoms with Crippen molar-refractivity contribution in [2.24, 2.45) is 5.92 Å². The molecule has 0 aromatic heterocycles. The second-order valence-electron chi connectivity index (χ2n) is 4.69. The highest BCUT2D eigenvalue weighted by molar-refractivity contribution is 5.36. The zero-order valence-corrected chi connectivity index (χ0v) is 11.8. The number of ether oxygens (including phenoxy) is 1. The first kappa shape index (κ1) is 15.0. The first-order chi connectivity index (χ1) is 8.63. The van der Waals surface area contributed by atoms with Crippen LogP contribution in [0.2, 0.25) is 0 Å². The van der Waals surface area contributed by atoms with Gasteiger partial charge < -0.3 is 10.1 Å². The number of methoxy groups -OCH3 is 1. The smallest absolute Gasteiger partial charge is 0.123 e. The lowest BCUT2D eigenvalue weighted by molar-refractivity contribution is 0.345. The molecule has 0 bridgehead atoms. The van der Waals surface area contributed by atoms with Crippen LogP contribution in [0.5, 0.6) is 5.75 Å². The van der Waals surface area contributed by atoms with Gasteiger partial charge in [-0.3, -0.25) is 0 Å². The van der Waals surface area contributed by atoms with E-state index in [9.17, 15) is 4.39 Å². The highest BCUT2D eigenvalue weighted by Crippen LogP contribution is 2.32. The molecule has 1 aromatic carbocycles. The van der Waals surface area contributed by atoms with E-state index < -0.39 is 0 Å². The van der Waals surface area contributed by atoms with Crippen LogP contribution in [0.15, 0.2) is 18.2 Å². The van der Waals surface area contributed by atoms with E-state index in [0.29, 0.717) is 5.92 Å². The van der Waals surface area contributed by atoms with Crippen molar-refractivity contribution < 1.29 is 9.13 Å². The van der Waals surface area contributed by atoms with Crippen LogP contribution in [0.1, 0.15) is 45.2 Å². The van der Waals surface area contributed by atoms with Crippen molar-refractivity contribution in [1.29, 1.82) is 0 Å². The molecule has 0 saturated heterocycles. The van der Waals surface area contributed by atoms with E-state index in [2.05, 4.69) is 26.1 Å². The molecule has 2 atom stereocenters. The molecule has 1 aromatic rings. The molecule has 0 spiro atoms. The summed E-state index contributed by atoms with van der Waals surface area (Å²) < 4.78 is 18.8. The Kier molecular flexibility index (Phi) is 6.13. The van der Waals surface area contributed by atoms with Crippen LogP contribution in [0.3, 0.4) is 0 Å². The Morgan fingerprint density at radius 2 is 2.06 bits per heavy atom. The fraction of sp³-hybridized carbons (Fsp3) is 0.600. The maximum absolute atomic E-state index is 13.5. The van der Waals surface area contributed by atoms with E-state index in [1.54, 1.807) is 19.2 Å². The first-order valence-corrected chi connectivity index (χ1v) is 6.70. The molecule has 0 fully saturated rings. The molecule has 1 N–H and O–H groups in total. The lowest BCUT2D eigenvalue weighted by atomic mass is 9.90. The summed E-state index contributed by atoms with van der Waals surface area (Å²) in [5.41, 5.74) is 0.917. The molecular formula is C15H24FNO. The molecule has 1 rings (SSSR count). The monoisotopic (exact) mass is 253 g/mol. The molecule has 0 radical (unpaired) electrons. The van der Waals surface area contributed by atoms with Gasteiger partial charge in [0.25, 0.3) is 0 Å². The fourth-order valence-electron chi connectivity index (χ4n) is 2.41. The second kappa shape index (κ2) is 7.37. The minimum atomic E-state index is -0.211. The normalized spacial score (nSPS) is 14.3. The summed E-state index contributed by atoms with van der Waals surface area (Å²) in [6, 6.07) is 4.86. The SMILES string of the molecule is CCCC(C)C(NCC)c1cc(F)ccc1OC. The van der Waals surface area contributed by atoms with Crippen molar-refractivity contribution in [2.75, 3.05) is 13.7 Å². The lowest BCUT2D eigenvalue weighted by Gasteiger charge is -2.26. The third kappa shape index (κ3) is 3.70. The Balaban J connectivity index is 3.06. The van der Waals surface area contributed by atoms with Gasteiger partial charge in [0, 0.05) is 11.6 Å². The van der Waals surface area contributed by atoms with Crippen LogP contribution in [-0.2, 0) is 0 Å². The van der Waals surface area contributed by atoms with Crippen molar-refractivity contribution in [3.8, 4) is 5.75 Å². The van der Waals surface area contributed by atoms with Crippen LogP contribution in [-0.4, -0.2) is 13.7 Å². The number of hydrogen-bond donors (Lipinski definition) is 1. The van der Waals surface area contributed by atoms with Crippen molar-refractivity contribution >= 4 is 0 Å². The maximum atomic E-state index is 13.5. The van der Waals surface area contributed by atoms with Crippen LogP contribution < -0.4 is 10.1 Å². The largest absolute Gasteiger partial charge is 0.496 e. The third-order valence-corrected chi connectivity index (χ3v) is 3.26. The number of halogens is 1. The molecule has 2 nitrogen and oxygen atoms in total. The average Bonchev–Trinajstić information content (AvgIpc) is 2.36. The summed E-state index contributed by atoms with van der Waals surface area (Å²) in [6.45, 7) is 7.29. The quantitative estimate of drug-likeness (QED) is 0.795. The van der Waals surface area contributed by atoms with Gasteiger partial charge in [0.05, 0.1) is 7.11 Å². The van der Waals surface area contributed by atoms with Crippen LogP contribution in [0.25, 0.3) is 0 Å². The van der Waals surface area contributed by atoms with Crippen LogP contribution in [0.4, 0.5) is 4.39 Å². The van der Waals surface area contributed by atoms with E-state index in [0.717, 1.165) is 30.7 Å². The van der Waals surface area contributed by atoms with Gasteiger partial charge in [-0.1, -0.05) is 27.2 Å². The van der Waals surface area contributed by atoms with Gasteiger partial charge in [-0.05, 0) is 37.1 Å². The van der Waals surface area contributed by atoms with E-state index >= 15 is 0 Å². The Bertz CT molecular complexity index is 368. The fourth-order valence-corrected chi connectivity index (χ4v) is 2.41. The molecule has 0 heterocycles. The summed E-state index contributed by atoms with van der Waals surface area (Å²) in [4.78, 5) is 0.